The summed E-state index contributed by atoms with van der Waals surface area (Å²) in [5.41, 5.74) is -0.0648. The number of aromatic hydroxyl groups is 1. The van der Waals surface area contributed by atoms with Crippen molar-refractivity contribution < 1.29 is 14.3 Å². The van der Waals surface area contributed by atoms with Crippen molar-refractivity contribution in [2.75, 3.05) is 0 Å². The second-order valence-electron chi connectivity index (χ2n) is 2.23. The van der Waals surface area contributed by atoms with Crippen LogP contribution in [0.5, 0.6) is 5.75 Å². The van der Waals surface area contributed by atoms with E-state index >= 15 is 0 Å². The number of carbonyl (C=O) groups excluding carboxylic acids is 1. The van der Waals surface area contributed by atoms with E-state index in [9.17, 15) is 9.18 Å². The number of allylic oxidation sites excluding steroid dienone is 1. The Kier molecular flexibility index (Phi) is 2.24. The predicted octanol–water partition coefficient (Wildman–Crippen LogP) is 1.90. The average molecular weight is 166 g/mol. The number of carbonyl (C=O) groups is 1. The summed E-state index contributed by atoms with van der Waals surface area (Å²) in [4.78, 5) is 10.9. The summed E-state index contributed by atoms with van der Waals surface area (Å²) in [5, 5.41) is 9.10. The molecule has 0 aliphatic carbocycles. The van der Waals surface area contributed by atoms with Crippen molar-refractivity contribution in [1.29, 1.82) is 0 Å². The Bertz CT molecular complexity index is 331. The SMILES string of the molecule is C=CC(=O)c1cc(F)ccc1O. The van der Waals surface area contributed by atoms with Gasteiger partial charge in [-0.05, 0) is 24.3 Å². The molecule has 1 rings (SSSR count). The number of ketones is 1. The molecule has 0 bridgehead atoms. The lowest BCUT2D eigenvalue weighted by atomic mass is 10.1. The molecule has 0 aliphatic rings. The molecule has 3 heteroatoms. The van der Waals surface area contributed by atoms with E-state index in [4.69, 9.17) is 5.11 Å². The summed E-state index contributed by atoms with van der Waals surface area (Å²) in [6.45, 7) is 3.22. The van der Waals surface area contributed by atoms with Crippen molar-refractivity contribution in [3.63, 3.8) is 0 Å². The van der Waals surface area contributed by atoms with Crippen LogP contribution in [-0.2, 0) is 0 Å². The molecular formula is C9H7FO2. The molecule has 0 saturated heterocycles. The zero-order chi connectivity index (χ0) is 9.14. The van der Waals surface area contributed by atoms with Crippen LogP contribution in [0.15, 0.2) is 30.9 Å². The third kappa shape index (κ3) is 1.50. The van der Waals surface area contributed by atoms with Crippen LogP contribution in [0, 0.1) is 5.82 Å². The minimum Gasteiger partial charge on any atom is -0.507 e. The zero-order valence-electron chi connectivity index (χ0n) is 6.25. The van der Waals surface area contributed by atoms with Crippen molar-refractivity contribution in [2.45, 2.75) is 0 Å². The molecule has 12 heavy (non-hydrogen) atoms. The first-order valence-electron chi connectivity index (χ1n) is 3.30. The predicted molar refractivity (Wildman–Crippen MR) is 42.6 cm³/mol. The summed E-state index contributed by atoms with van der Waals surface area (Å²) in [6.07, 6.45) is 1.02. The van der Waals surface area contributed by atoms with Crippen LogP contribution in [0.2, 0.25) is 0 Å². The van der Waals surface area contributed by atoms with Gasteiger partial charge < -0.3 is 5.11 Å². The smallest absolute Gasteiger partial charge is 0.189 e. The van der Waals surface area contributed by atoms with Crippen molar-refractivity contribution in [3.8, 4) is 5.75 Å². The quantitative estimate of drug-likeness (QED) is 0.538. The molecule has 0 radical (unpaired) electrons. The molecule has 0 atom stereocenters. The molecular weight excluding hydrogens is 159 g/mol. The highest BCUT2D eigenvalue weighted by molar-refractivity contribution is 6.06. The molecule has 0 heterocycles. The largest absolute Gasteiger partial charge is 0.507 e. The molecule has 1 aromatic rings. The third-order valence-electron chi connectivity index (χ3n) is 1.41. The van der Waals surface area contributed by atoms with Crippen molar-refractivity contribution in [3.05, 3.63) is 42.2 Å². The fraction of sp³-hybridized carbons (Fsp3) is 0. The number of phenolic OH excluding ortho intramolecular Hbond substituents is 1. The zero-order valence-corrected chi connectivity index (χ0v) is 6.25. The topological polar surface area (TPSA) is 37.3 Å². The van der Waals surface area contributed by atoms with Gasteiger partial charge in [0, 0.05) is 0 Å². The van der Waals surface area contributed by atoms with Crippen LogP contribution in [0.1, 0.15) is 10.4 Å². The van der Waals surface area contributed by atoms with Gasteiger partial charge in [0.2, 0.25) is 0 Å². The first-order valence-corrected chi connectivity index (χ1v) is 3.30. The Balaban J connectivity index is 3.22. The standard InChI is InChI=1S/C9H7FO2/c1-2-8(11)7-5-6(10)3-4-9(7)12/h2-5,12H,1H2. The van der Waals surface area contributed by atoms with E-state index in [1.165, 1.54) is 0 Å². The van der Waals surface area contributed by atoms with Crippen LogP contribution in [0.25, 0.3) is 0 Å². The van der Waals surface area contributed by atoms with E-state index in [1.54, 1.807) is 0 Å². The van der Waals surface area contributed by atoms with E-state index in [0.29, 0.717) is 0 Å². The van der Waals surface area contributed by atoms with Gasteiger partial charge in [-0.2, -0.15) is 0 Å². The summed E-state index contributed by atoms with van der Waals surface area (Å²) in [6, 6.07) is 3.18. The van der Waals surface area contributed by atoms with E-state index in [0.717, 1.165) is 24.3 Å². The van der Waals surface area contributed by atoms with Gasteiger partial charge in [-0.1, -0.05) is 6.58 Å². The molecule has 62 valence electrons. The monoisotopic (exact) mass is 166 g/mol. The van der Waals surface area contributed by atoms with Gasteiger partial charge in [-0.3, -0.25) is 4.79 Å². The van der Waals surface area contributed by atoms with E-state index < -0.39 is 11.6 Å². The van der Waals surface area contributed by atoms with Gasteiger partial charge in [0.05, 0.1) is 5.56 Å². The first-order chi connectivity index (χ1) is 5.65. The molecule has 0 fully saturated rings. The molecule has 0 amide bonds. The van der Waals surface area contributed by atoms with Gasteiger partial charge in [0.25, 0.3) is 0 Å². The summed E-state index contributed by atoms with van der Waals surface area (Å²) < 4.78 is 12.5. The fourth-order valence-electron chi connectivity index (χ4n) is 0.816. The van der Waals surface area contributed by atoms with E-state index in [2.05, 4.69) is 6.58 Å². The van der Waals surface area contributed by atoms with Crippen LogP contribution in [-0.4, -0.2) is 10.9 Å². The lowest BCUT2D eigenvalue weighted by Gasteiger charge is -1.98. The van der Waals surface area contributed by atoms with Crippen molar-refractivity contribution >= 4 is 5.78 Å². The molecule has 0 spiro atoms. The molecule has 0 aliphatic heterocycles. The summed E-state index contributed by atoms with van der Waals surface area (Å²) in [7, 11) is 0. The minimum absolute atomic E-state index is 0.0648. The maximum atomic E-state index is 12.5. The maximum absolute atomic E-state index is 12.5. The van der Waals surface area contributed by atoms with Crippen molar-refractivity contribution in [1.82, 2.24) is 0 Å². The second-order valence-corrected chi connectivity index (χ2v) is 2.23. The van der Waals surface area contributed by atoms with Crippen molar-refractivity contribution in [2.24, 2.45) is 0 Å². The highest BCUT2D eigenvalue weighted by Crippen LogP contribution is 2.18. The number of rotatable bonds is 2. The molecule has 0 saturated carbocycles. The van der Waals surface area contributed by atoms with Gasteiger partial charge in [-0.25, -0.2) is 4.39 Å². The lowest BCUT2D eigenvalue weighted by Crippen LogP contribution is -1.94. The van der Waals surface area contributed by atoms with Crippen LogP contribution in [0.4, 0.5) is 4.39 Å². The number of benzene rings is 1. The summed E-state index contributed by atoms with van der Waals surface area (Å²) in [5.74, 6) is -1.29. The highest BCUT2D eigenvalue weighted by Gasteiger charge is 2.07. The highest BCUT2D eigenvalue weighted by atomic mass is 19.1. The molecule has 1 aromatic carbocycles. The normalized spacial score (nSPS) is 9.42. The Hall–Kier alpha value is -1.64. The molecule has 2 nitrogen and oxygen atoms in total. The number of hydrogen-bond donors (Lipinski definition) is 1. The first kappa shape index (κ1) is 8.46. The minimum atomic E-state index is -0.557. The van der Waals surface area contributed by atoms with Crippen LogP contribution in [0.3, 0.4) is 0 Å². The van der Waals surface area contributed by atoms with Crippen LogP contribution >= 0.6 is 0 Å². The molecule has 0 aromatic heterocycles. The number of phenols is 1. The number of halogens is 1. The van der Waals surface area contributed by atoms with Crippen LogP contribution < -0.4 is 0 Å². The Labute approximate surface area is 69.0 Å². The second kappa shape index (κ2) is 3.17. The fourth-order valence-corrected chi connectivity index (χ4v) is 0.816. The van der Waals surface area contributed by atoms with Gasteiger partial charge in [0.15, 0.2) is 5.78 Å². The summed E-state index contributed by atoms with van der Waals surface area (Å²) >= 11 is 0. The average Bonchev–Trinajstić information content (AvgIpc) is 2.08. The molecule has 1 N–H and O–H groups in total. The van der Waals surface area contributed by atoms with E-state index in [-0.39, 0.29) is 11.3 Å². The Morgan fingerprint density at radius 3 is 2.83 bits per heavy atom. The van der Waals surface area contributed by atoms with E-state index in [1.807, 2.05) is 0 Å². The molecule has 0 unspecified atom stereocenters. The Morgan fingerprint density at radius 1 is 1.58 bits per heavy atom. The maximum Gasteiger partial charge on any atom is 0.189 e. The van der Waals surface area contributed by atoms with Gasteiger partial charge in [0.1, 0.15) is 11.6 Å². The van der Waals surface area contributed by atoms with Gasteiger partial charge in [-0.15, -0.1) is 0 Å². The number of hydrogen-bond acceptors (Lipinski definition) is 2. The van der Waals surface area contributed by atoms with Gasteiger partial charge >= 0.3 is 0 Å². The third-order valence-corrected chi connectivity index (χ3v) is 1.41. The lowest BCUT2D eigenvalue weighted by molar-refractivity contribution is 0.104. The Morgan fingerprint density at radius 2 is 2.25 bits per heavy atom.